The van der Waals surface area contributed by atoms with Crippen LogP contribution in [0, 0.1) is 0 Å². The van der Waals surface area contributed by atoms with Gasteiger partial charge in [0.25, 0.3) is 5.91 Å². The molecule has 1 heterocycles. The fourth-order valence-corrected chi connectivity index (χ4v) is 5.53. The van der Waals surface area contributed by atoms with Crippen LogP contribution in [0.1, 0.15) is 57.8 Å². The van der Waals surface area contributed by atoms with Gasteiger partial charge in [-0.2, -0.15) is 0 Å². The predicted molar refractivity (Wildman–Crippen MR) is 106 cm³/mol. The van der Waals surface area contributed by atoms with Crippen molar-refractivity contribution in [3.8, 4) is 0 Å². The Balaban J connectivity index is 1.26. The molecule has 4 aliphatic carbocycles. The Labute approximate surface area is 180 Å². The van der Waals surface area contributed by atoms with Gasteiger partial charge in [0.1, 0.15) is 12.8 Å². The fourth-order valence-electron chi connectivity index (χ4n) is 5.30. The summed E-state index contributed by atoms with van der Waals surface area (Å²) in [5, 5.41) is 16.4. The highest BCUT2D eigenvalue weighted by Gasteiger charge is 2.55. The zero-order valence-electron chi connectivity index (χ0n) is 17.0. The van der Waals surface area contributed by atoms with Crippen molar-refractivity contribution in [2.45, 2.75) is 98.7 Å². The topological polar surface area (TPSA) is 109 Å². The minimum Gasteiger partial charge on any atom is -0.391 e. The van der Waals surface area contributed by atoms with Gasteiger partial charge in [-0.05, 0) is 51.4 Å². The molecule has 4 saturated carbocycles. The summed E-state index contributed by atoms with van der Waals surface area (Å²) in [6.07, 6.45) is 2.23. The molecule has 2 bridgehead atoms. The second kappa shape index (κ2) is 8.86. The van der Waals surface area contributed by atoms with Crippen molar-refractivity contribution < 1.29 is 28.7 Å². The van der Waals surface area contributed by atoms with Gasteiger partial charge in [-0.15, -0.1) is 11.6 Å². The number of amides is 2. The zero-order chi connectivity index (χ0) is 21.4. The minimum atomic E-state index is -1.10. The normalized spacial score (nSPS) is 43.4. The molecule has 0 radical (unpaired) electrons. The summed E-state index contributed by atoms with van der Waals surface area (Å²) in [5.41, 5.74) is 1.54. The van der Waals surface area contributed by atoms with Crippen molar-refractivity contribution in [2.24, 2.45) is 0 Å². The van der Waals surface area contributed by atoms with E-state index in [1.165, 1.54) is 0 Å². The highest BCUT2D eigenvalue weighted by Crippen LogP contribution is 2.47. The maximum Gasteiger partial charge on any atom is 0.251 e. The summed E-state index contributed by atoms with van der Waals surface area (Å²) in [4.78, 5) is 30.2. The number of fused-ring (bicyclic) bond motifs is 3. The van der Waals surface area contributed by atoms with Crippen LogP contribution in [0.5, 0.6) is 0 Å². The number of aliphatic hydroxyl groups excluding tert-OH is 1. The quantitative estimate of drug-likeness (QED) is 0.449. The molecule has 5 rings (SSSR count). The lowest BCUT2D eigenvalue weighted by Crippen LogP contribution is -2.71. The van der Waals surface area contributed by atoms with E-state index in [-0.39, 0.29) is 30.9 Å². The van der Waals surface area contributed by atoms with Crippen LogP contribution in [-0.4, -0.2) is 71.0 Å². The molecule has 5 unspecified atom stereocenters. The number of halogens is 2. The summed E-state index contributed by atoms with van der Waals surface area (Å²) >= 11 is 5.89. The highest BCUT2D eigenvalue weighted by molar-refractivity contribution is 6.21. The van der Waals surface area contributed by atoms with Gasteiger partial charge in [0.2, 0.25) is 5.91 Å². The van der Waals surface area contributed by atoms with Gasteiger partial charge in [-0.25, -0.2) is 9.87 Å². The van der Waals surface area contributed by atoms with Crippen molar-refractivity contribution in [3.05, 3.63) is 0 Å². The van der Waals surface area contributed by atoms with E-state index in [0.717, 1.165) is 0 Å². The Bertz CT molecular complexity index is 654. The number of ether oxygens (including phenoxy) is 1. The van der Waals surface area contributed by atoms with E-state index in [2.05, 4.69) is 16.1 Å². The second-order valence-corrected chi connectivity index (χ2v) is 9.82. The molecule has 0 aromatic heterocycles. The first kappa shape index (κ1) is 22.2. The summed E-state index contributed by atoms with van der Waals surface area (Å²) in [6.45, 7) is 0.500. The molecule has 5 aliphatic rings. The van der Waals surface area contributed by atoms with E-state index < -0.39 is 34.8 Å². The monoisotopic (exact) mass is 447 g/mol. The van der Waals surface area contributed by atoms with Gasteiger partial charge in [-0.1, -0.05) is 0 Å². The lowest BCUT2D eigenvalue weighted by Gasteiger charge is -2.56. The molecular formula is C20H31ClFN3O5. The predicted octanol–water partition coefficient (Wildman–Crippen LogP) is 0.843. The maximum atomic E-state index is 13.7. The van der Waals surface area contributed by atoms with Crippen LogP contribution in [0.3, 0.4) is 0 Å². The van der Waals surface area contributed by atoms with Crippen molar-refractivity contribution >= 4 is 23.4 Å². The number of aliphatic hydroxyl groups is 1. The fraction of sp³-hybridized carbons (Fsp3) is 0.900. The summed E-state index contributed by atoms with van der Waals surface area (Å²) in [6, 6.07) is 0. The van der Waals surface area contributed by atoms with Gasteiger partial charge in [0, 0.05) is 18.5 Å². The van der Waals surface area contributed by atoms with Crippen LogP contribution < -0.4 is 16.1 Å². The number of rotatable bonds is 6. The van der Waals surface area contributed by atoms with Crippen LogP contribution in [-0.2, 0) is 19.2 Å². The molecule has 8 nitrogen and oxygen atoms in total. The third-order valence-corrected chi connectivity index (χ3v) is 7.71. The minimum absolute atomic E-state index is 0.129. The highest BCUT2D eigenvalue weighted by atomic mass is 35.5. The van der Waals surface area contributed by atoms with E-state index in [9.17, 15) is 19.1 Å². The molecule has 1 aliphatic heterocycles. The Morgan fingerprint density at radius 1 is 1.20 bits per heavy atom. The average molecular weight is 448 g/mol. The van der Waals surface area contributed by atoms with Crippen molar-refractivity contribution in [2.75, 3.05) is 13.2 Å². The Morgan fingerprint density at radius 2 is 1.97 bits per heavy atom. The van der Waals surface area contributed by atoms with Crippen LogP contribution in [0.25, 0.3) is 0 Å². The molecule has 30 heavy (non-hydrogen) atoms. The van der Waals surface area contributed by atoms with Gasteiger partial charge in [0.15, 0.2) is 6.10 Å². The number of hydrogen-bond donors (Lipinski definition) is 4. The number of carbonyl (C=O) groups is 2. The second-order valence-electron chi connectivity index (χ2n) is 9.26. The first-order valence-electron chi connectivity index (χ1n) is 10.9. The number of alkyl halides is 2. The third-order valence-electron chi connectivity index (χ3n) is 7.22. The number of carbonyl (C=O) groups excluding carboxylic acids is 2. The lowest BCUT2D eigenvalue weighted by atomic mass is 9.60. The largest absolute Gasteiger partial charge is 0.391 e. The third kappa shape index (κ3) is 4.60. The van der Waals surface area contributed by atoms with Crippen LogP contribution in [0.15, 0.2) is 0 Å². The molecule has 5 atom stereocenters. The molecule has 10 heteroatoms. The van der Waals surface area contributed by atoms with Crippen LogP contribution in [0.2, 0.25) is 0 Å². The van der Waals surface area contributed by atoms with Crippen molar-refractivity contribution in [3.63, 3.8) is 0 Å². The SMILES string of the molecule is O=C(COC1CCC(Cl)C(F)C1)NC12CCC(NC(=O)C3CCNO3)(CC1)C(O)C2. The van der Waals surface area contributed by atoms with Gasteiger partial charge < -0.3 is 20.5 Å². The molecule has 0 aromatic carbocycles. The van der Waals surface area contributed by atoms with Crippen LogP contribution >= 0.6 is 11.6 Å². The molecule has 170 valence electrons. The van der Waals surface area contributed by atoms with Gasteiger partial charge in [-0.3, -0.25) is 14.4 Å². The number of hydrogen-bond acceptors (Lipinski definition) is 6. The van der Waals surface area contributed by atoms with E-state index in [0.29, 0.717) is 57.9 Å². The van der Waals surface area contributed by atoms with E-state index >= 15 is 0 Å². The molecule has 0 aromatic rings. The summed E-state index contributed by atoms with van der Waals surface area (Å²) < 4.78 is 19.3. The van der Waals surface area contributed by atoms with E-state index in [1.54, 1.807) is 0 Å². The first-order valence-corrected chi connectivity index (χ1v) is 11.3. The van der Waals surface area contributed by atoms with E-state index in [4.69, 9.17) is 21.2 Å². The maximum absolute atomic E-state index is 13.7. The molecule has 5 fully saturated rings. The molecule has 0 spiro atoms. The number of hydroxylamine groups is 1. The first-order chi connectivity index (χ1) is 14.3. The summed E-state index contributed by atoms with van der Waals surface area (Å²) in [5.74, 6) is -0.460. The van der Waals surface area contributed by atoms with Crippen molar-refractivity contribution in [1.29, 1.82) is 0 Å². The smallest absolute Gasteiger partial charge is 0.251 e. The number of nitrogens with one attached hydrogen (secondary N) is 3. The molecule has 2 amide bonds. The molecule has 1 saturated heterocycles. The Hall–Kier alpha value is -1.00. The van der Waals surface area contributed by atoms with Gasteiger partial charge in [0.05, 0.1) is 23.1 Å². The standard InChI is InChI=1S/C20H31ClFN3O5/c21-13-2-1-12(9-14(13)22)29-11-17(27)24-19-4-6-20(7-5-19,16(26)10-19)25-18(28)15-3-8-23-30-15/h12-16,23,26H,1-11H2,(H,24,27)(H,25,28). The van der Waals surface area contributed by atoms with Crippen LogP contribution in [0.4, 0.5) is 4.39 Å². The molecule has 4 N–H and O–H groups in total. The average Bonchev–Trinajstić information content (AvgIpc) is 3.25. The van der Waals surface area contributed by atoms with E-state index in [1.807, 2.05) is 0 Å². The van der Waals surface area contributed by atoms with Crippen molar-refractivity contribution in [1.82, 2.24) is 16.1 Å². The Kier molecular flexibility index (Phi) is 6.56. The summed E-state index contributed by atoms with van der Waals surface area (Å²) in [7, 11) is 0. The molecular weight excluding hydrogens is 417 g/mol. The zero-order valence-corrected chi connectivity index (χ0v) is 17.8. The van der Waals surface area contributed by atoms with Gasteiger partial charge >= 0.3 is 0 Å². The Morgan fingerprint density at radius 3 is 2.60 bits per heavy atom. The lowest BCUT2D eigenvalue weighted by molar-refractivity contribution is -0.144.